The van der Waals surface area contributed by atoms with Crippen LogP contribution in [0.15, 0.2) is 29.4 Å². The van der Waals surface area contributed by atoms with E-state index in [1.54, 1.807) is 0 Å². The first-order chi connectivity index (χ1) is 9.24. The fourth-order valence-corrected chi connectivity index (χ4v) is 4.31. The molecule has 3 heteroatoms. The number of hydrogen-bond donors (Lipinski definition) is 1. The zero-order chi connectivity index (χ0) is 13.0. The average Bonchev–Trinajstić information content (AvgIpc) is 3.02. The van der Waals surface area contributed by atoms with Crippen molar-refractivity contribution in [1.82, 2.24) is 5.43 Å². The van der Waals surface area contributed by atoms with Crippen LogP contribution in [0.3, 0.4) is 0 Å². The number of rotatable bonds is 1. The van der Waals surface area contributed by atoms with E-state index in [1.807, 2.05) is 0 Å². The summed E-state index contributed by atoms with van der Waals surface area (Å²) in [5.74, 6) is 1.93. The van der Waals surface area contributed by atoms with Crippen LogP contribution in [0.4, 0.5) is 0 Å². The van der Waals surface area contributed by atoms with Crippen LogP contribution in [0.2, 0.25) is 0 Å². The van der Waals surface area contributed by atoms with Crippen molar-refractivity contribution >= 4 is 11.6 Å². The van der Waals surface area contributed by atoms with Crippen LogP contribution < -0.4 is 5.43 Å². The molecule has 1 aromatic carbocycles. The molecular weight excluding hydrogens is 236 g/mol. The molecule has 19 heavy (non-hydrogen) atoms. The van der Waals surface area contributed by atoms with Gasteiger partial charge in [0, 0.05) is 5.92 Å². The Balaban J connectivity index is 1.76. The molecule has 2 aliphatic carbocycles. The number of amides is 1. The Morgan fingerprint density at radius 2 is 1.79 bits per heavy atom. The van der Waals surface area contributed by atoms with E-state index >= 15 is 0 Å². The van der Waals surface area contributed by atoms with Crippen LogP contribution in [0.5, 0.6) is 0 Å². The molecule has 1 N–H and O–H groups in total. The van der Waals surface area contributed by atoms with Crippen molar-refractivity contribution in [2.24, 2.45) is 28.8 Å². The molecule has 1 heterocycles. The number of carbonyl (C=O) groups is 1. The van der Waals surface area contributed by atoms with Crippen molar-refractivity contribution in [3.05, 3.63) is 35.4 Å². The van der Waals surface area contributed by atoms with Gasteiger partial charge in [0.1, 0.15) is 0 Å². The van der Waals surface area contributed by atoms with Crippen molar-refractivity contribution in [1.29, 1.82) is 0 Å². The topological polar surface area (TPSA) is 41.5 Å². The molecule has 2 bridgehead atoms. The van der Waals surface area contributed by atoms with Gasteiger partial charge in [-0.05, 0) is 43.6 Å². The number of hydrogen-bond acceptors (Lipinski definition) is 2. The van der Waals surface area contributed by atoms with Gasteiger partial charge in [-0.15, -0.1) is 0 Å². The number of benzene rings is 1. The minimum atomic E-state index is 0.146. The molecule has 0 unspecified atom stereocenters. The molecule has 0 spiro atoms. The largest absolute Gasteiger partial charge is 0.273 e. The third-order valence-corrected chi connectivity index (χ3v) is 5.17. The highest BCUT2D eigenvalue weighted by atomic mass is 16.2. The minimum absolute atomic E-state index is 0.146. The van der Waals surface area contributed by atoms with Gasteiger partial charge in [0.2, 0.25) is 5.91 Å². The van der Waals surface area contributed by atoms with E-state index in [0.29, 0.717) is 17.8 Å². The van der Waals surface area contributed by atoms with Crippen molar-refractivity contribution < 1.29 is 4.79 Å². The van der Waals surface area contributed by atoms with Crippen molar-refractivity contribution in [2.75, 3.05) is 0 Å². The van der Waals surface area contributed by atoms with Gasteiger partial charge in [0.05, 0.1) is 11.6 Å². The number of hydrazone groups is 1. The predicted octanol–water partition coefficient (Wildman–Crippen LogP) is 2.49. The quantitative estimate of drug-likeness (QED) is 0.822. The fraction of sp³-hybridized carbons (Fsp3) is 0.500. The van der Waals surface area contributed by atoms with E-state index in [2.05, 4.69) is 41.7 Å². The standard InChI is InChI=1S/C16H18N2O/c1-9-2-4-10(5-3-9)15-13-11-6-7-12(8-11)14(13)16(19)18-17-15/h2-5,11-14H,6-8H2,1H3,(H,18,19)/t11-,12+,13-,14+/m1/s1. The molecule has 3 nitrogen and oxygen atoms in total. The van der Waals surface area contributed by atoms with Crippen molar-refractivity contribution in [3.63, 3.8) is 0 Å². The van der Waals surface area contributed by atoms with Gasteiger partial charge >= 0.3 is 0 Å². The number of nitrogens with zero attached hydrogens (tertiary/aromatic N) is 1. The summed E-state index contributed by atoms with van der Waals surface area (Å²) in [4.78, 5) is 12.1. The third kappa shape index (κ3) is 1.57. The fourth-order valence-electron chi connectivity index (χ4n) is 4.31. The highest BCUT2D eigenvalue weighted by Gasteiger charge is 2.54. The molecule has 0 aromatic heterocycles. The summed E-state index contributed by atoms with van der Waals surface area (Å²) >= 11 is 0. The molecule has 3 aliphatic rings. The molecule has 1 aromatic rings. The number of carbonyl (C=O) groups excluding carboxylic acids is 1. The predicted molar refractivity (Wildman–Crippen MR) is 73.7 cm³/mol. The van der Waals surface area contributed by atoms with E-state index in [9.17, 15) is 4.79 Å². The first-order valence-electron chi connectivity index (χ1n) is 7.18. The smallest absolute Gasteiger partial charge is 0.244 e. The molecule has 0 saturated heterocycles. The maximum atomic E-state index is 12.1. The Morgan fingerprint density at radius 1 is 1.11 bits per heavy atom. The van der Waals surface area contributed by atoms with Gasteiger partial charge in [-0.2, -0.15) is 5.10 Å². The van der Waals surface area contributed by atoms with Crippen molar-refractivity contribution in [2.45, 2.75) is 26.2 Å². The number of fused-ring (bicyclic) bond motifs is 5. The monoisotopic (exact) mass is 254 g/mol. The lowest BCUT2D eigenvalue weighted by Crippen LogP contribution is -2.45. The maximum absolute atomic E-state index is 12.1. The second kappa shape index (κ2) is 3.92. The van der Waals surface area contributed by atoms with Crippen molar-refractivity contribution in [3.8, 4) is 0 Å². The van der Waals surface area contributed by atoms with E-state index in [0.717, 1.165) is 5.71 Å². The molecule has 1 aliphatic heterocycles. The van der Waals surface area contributed by atoms with Crippen LogP contribution in [-0.2, 0) is 4.79 Å². The summed E-state index contributed by atoms with van der Waals surface area (Å²) in [5, 5.41) is 4.39. The van der Waals surface area contributed by atoms with Gasteiger partial charge in [-0.1, -0.05) is 29.8 Å². The van der Waals surface area contributed by atoms with Gasteiger partial charge < -0.3 is 0 Å². The minimum Gasteiger partial charge on any atom is -0.273 e. The Morgan fingerprint density at radius 3 is 2.53 bits per heavy atom. The molecule has 4 rings (SSSR count). The Bertz CT molecular complexity index is 561. The normalized spacial score (nSPS) is 35.8. The zero-order valence-electron chi connectivity index (χ0n) is 11.1. The molecule has 2 saturated carbocycles. The van der Waals surface area contributed by atoms with E-state index in [-0.39, 0.29) is 11.8 Å². The highest BCUT2D eigenvalue weighted by molar-refractivity contribution is 6.07. The lowest BCUT2D eigenvalue weighted by molar-refractivity contribution is -0.128. The van der Waals surface area contributed by atoms with Gasteiger partial charge in [0.15, 0.2) is 0 Å². The highest BCUT2D eigenvalue weighted by Crippen LogP contribution is 2.54. The maximum Gasteiger partial charge on any atom is 0.244 e. The molecule has 1 amide bonds. The molecule has 4 atom stereocenters. The van der Waals surface area contributed by atoms with Gasteiger partial charge in [-0.25, -0.2) is 5.43 Å². The first kappa shape index (κ1) is 11.2. The van der Waals surface area contributed by atoms with E-state index in [4.69, 9.17) is 0 Å². The second-order valence-corrected chi connectivity index (χ2v) is 6.22. The average molecular weight is 254 g/mol. The van der Waals surface area contributed by atoms with E-state index < -0.39 is 0 Å². The van der Waals surface area contributed by atoms with Gasteiger partial charge in [-0.3, -0.25) is 4.79 Å². The summed E-state index contributed by atoms with van der Waals surface area (Å²) < 4.78 is 0. The summed E-state index contributed by atoms with van der Waals surface area (Å²) in [6.45, 7) is 2.09. The number of nitrogens with one attached hydrogen (secondary N) is 1. The lowest BCUT2D eigenvalue weighted by Gasteiger charge is -2.33. The Labute approximate surface area is 113 Å². The third-order valence-electron chi connectivity index (χ3n) is 5.17. The van der Waals surface area contributed by atoms with Crippen LogP contribution >= 0.6 is 0 Å². The summed E-state index contributed by atoms with van der Waals surface area (Å²) in [7, 11) is 0. The second-order valence-electron chi connectivity index (χ2n) is 6.22. The number of aryl methyl sites for hydroxylation is 1. The zero-order valence-corrected chi connectivity index (χ0v) is 11.1. The molecule has 98 valence electrons. The van der Waals surface area contributed by atoms with Crippen LogP contribution in [-0.4, -0.2) is 11.6 Å². The Kier molecular flexibility index (Phi) is 2.32. The van der Waals surface area contributed by atoms with E-state index in [1.165, 1.54) is 30.4 Å². The molecular formula is C16H18N2O. The summed E-state index contributed by atoms with van der Waals surface area (Å²) in [6, 6.07) is 8.51. The van der Waals surface area contributed by atoms with Crippen LogP contribution in [0.1, 0.15) is 30.4 Å². The summed E-state index contributed by atoms with van der Waals surface area (Å²) in [5.41, 5.74) is 6.29. The summed E-state index contributed by atoms with van der Waals surface area (Å²) in [6.07, 6.45) is 3.71. The lowest BCUT2D eigenvalue weighted by atomic mass is 9.74. The Hall–Kier alpha value is -1.64. The van der Waals surface area contributed by atoms with Crippen LogP contribution in [0.25, 0.3) is 0 Å². The molecule has 2 fully saturated rings. The SMILES string of the molecule is Cc1ccc(C2=NNC(=O)[C@H]3[C@H]4CC[C@H](C4)[C@@H]23)cc1. The molecule has 0 radical (unpaired) electrons. The van der Waals surface area contributed by atoms with Crippen LogP contribution in [0, 0.1) is 30.6 Å². The van der Waals surface area contributed by atoms with Gasteiger partial charge in [0.25, 0.3) is 0 Å². The first-order valence-corrected chi connectivity index (χ1v) is 7.18.